The number of nitrogens with zero attached hydrogens (tertiary/aromatic N) is 6. The van der Waals surface area contributed by atoms with E-state index in [0.717, 1.165) is 42.1 Å². The molecule has 1 saturated carbocycles. The monoisotopic (exact) mass is 492 g/mol. The summed E-state index contributed by atoms with van der Waals surface area (Å²) in [7, 11) is 0. The second-order valence-electron chi connectivity index (χ2n) is 9.03. The van der Waals surface area contributed by atoms with Crippen LogP contribution in [0.4, 0.5) is 19.0 Å². The maximum Gasteiger partial charge on any atom is 0.408 e. The zero-order valence-corrected chi connectivity index (χ0v) is 19.3. The zero-order chi connectivity index (χ0) is 23.9. The van der Waals surface area contributed by atoms with Crippen molar-refractivity contribution in [2.45, 2.75) is 38.9 Å². The maximum absolute atomic E-state index is 13.2. The maximum atomic E-state index is 13.2. The van der Waals surface area contributed by atoms with Crippen LogP contribution >= 0.6 is 11.6 Å². The van der Waals surface area contributed by atoms with Gasteiger partial charge in [0.2, 0.25) is 0 Å². The first-order valence-corrected chi connectivity index (χ1v) is 11.6. The van der Waals surface area contributed by atoms with Crippen LogP contribution in [0.25, 0.3) is 0 Å². The Hall–Kier alpha value is -2.88. The third-order valence-corrected chi connectivity index (χ3v) is 6.81. The van der Waals surface area contributed by atoms with Crippen LogP contribution < -0.4 is 9.64 Å². The number of benzene rings is 1. The Labute approximate surface area is 199 Å². The van der Waals surface area contributed by atoms with Gasteiger partial charge in [-0.1, -0.05) is 17.7 Å². The number of fused-ring (bicyclic) bond motifs is 2. The number of rotatable bonds is 6. The van der Waals surface area contributed by atoms with Crippen LogP contribution in [-0.2, 0) is 13.0 Å². The SMILES string of the molecule is Cc1cc(N2CC3CCC(C2)C3Cc2nc(Oc3cccc(Cl)c3)n(CC(F)(F)F)n2)ncn1. The molecular weight excluding hydrogens is 469 g/mol. The minimum Gasteiger partial charge on any atom is -0.424 e. The van der Waals surface area contributed by atoms with Crippen LogP contribution in [0.5, 0.6) is 11.8 Å². The summed E-state index contributed by atoms with van der Waals surface area (Å²) in [6.45, 7) is 2.38. The summed E-state index contributed by atoms with van der Waals surface area (Å²) >= 11 is 5.98. The lowest BCUT2D eigenvalue weighted by atomic mass is 9.82. The molecule has 0 spiro atoms. The first-order valence-electron chi connectivity index (χ1n) is 11.2. The van der Waals surface area contributed by atoms with E-state index in [-0.39, 0.29) is 6.01 Å². The highest BCUT2D eigenvalue weighted by molar-refractivity contribution is 6.30. The van der Waals surface area contributed by atoms with Gasteiger partial charge in [0.25, 0.3) is 0 Å². The molecule has 3 heterocycles. The highest BCUT2D eigenvalue weighted by Crippen LogP contribution is 2.44. The fraction of sp³-hybridized carbons (Fsp3) is 0.478. The second-order valence-corrected chi connectivity index (χ2v) is 9.47. The third-order valence-electron chi connectivity index (χ3n) is 6.58. The molecule has 1 aromatic carbocycles. The molecule has 5 rings (SSSR count). The lowest BCUT2D eigenvalue weighted by Crippen LogP contribution is -2.43. The Kier molecular flexibility index (Phi) is 6.09. The van der Waals surface area contributed by atoms with E-state index < -0.39 is 12.7 Å². The van der Waals surface area contributed by atoms with Gasteiger partial charge >= 0.3 is 12.2 Å². The summed E-state index contributed by atoms with van der Waals surface area (Å²) in [5.41, 5.74) is 0.922. The Morgan fingerprint density at radius 3 is 2.56 bits per heavy atom. The number of piperidine rings is 1. The third kappa shape index (κ3) is 5.11. The molecule has 7 nitrogen and oxygen atoms in total. The average Bonchev–Trinajstić information content (AvgIpc) is 3.21. The van der Waals surface area contributed by atoms with Crippen molar-refractivity contribution in [1.29, 1.82) is 0 Å². The first-order chi connectivity index (χ1) is 16.2. The molecule has 2 fully saturated rings. The fourth-order valence-electron chi connectivity index (χ4n) is 5.12. The molecule has 34 heavy (non-hydrogen) atoms. The van der Waals surface area contributed by atoms with E-state index >= 15 is 0 Å². The molecule has 1 saturated heterocycles. The Morgan fingerprint density at radius 1 is 1.12 bits per heavy atom. The van der Waals surface area contributed by atoms with Crippen LogP contribution in [0.15, 0.2) is 36.7 Å². The fourth-order valence-corrected chi connectivity index (χ4v) is 5.30. The topological polar surface area (TPSA) is 69.0 Å². The molecule has 11 heteroatoms. The van der Waals surface area contributed by atoms with Crippen molar-refractivity contribution in [3.8, 4) is 11.8 Å². The molecule has 2 aromatic heterocycles. The molecule has 1 aliphatic heterocycles. The summed E-state index contributed by atoms with van der Waals surface area (Å²) in [6.07, 6.45) is -0.201. The summed E-state index contributed by atoms with van der Waals surface area (Å²) in [4.78, 5) is 15.2. The number of halogens is 4. The first kappa shape index (κ1) is 22.9. The highest BCUT2D eigenvalue weighted by atomic mass is 35.5. The second kappa shape index (κ2) is 9.05. The Balaban J connectivity index is 1.34. The normalized spacial score (nSPS) is 22.3. The molecule has 2 aliphatic rings. The molecule has 0 radical (unpaired) electrons. The van der Waals surface area contributed by atoms with Gasteiger partial charge in [-0.15, -0.1) is 0 Å². The van der Waals surface area contributed by atoms with E-state index in [2.05, 4.69) is 25.0 Å². The van der Waals surface area contributed by atoms with Crippen LogP contribution in [0.1, 0.15) is 24.4 Å². The van der Waals surface area contributed by atoms with Crippen molar-refractivity contribution < 1.29 is 17.9 Å². The number of aryl methyl sites for hydroxylation is 1. The molecule has 180 valence electrons. The van der Waals surface area contributed by atoms with Crippen molar-refractivity contribution in [3.63, 3.8) is 0 Å². The molecule has 3 aromatic rings. The van der Waals surface area contributed by atoms with Crippen LogP contribution in [0.2, 0.25) is 5.02 Å². The van der Waals surface area contributed by atoms with Crippen LogP contribution in [0.3, 0.4) is 0 Å². The van der Waals surface area contributed by atoms with Crippen molar-refractivity contribution in [2.75, 3.05) is 18.0 Å². The van der Waals surface area contributed by atoms with E-state index in [9.17, 15) is 13.2 Å². The molecule has 2 atom stereocenters. The number of hydrogen-bond acceptors (Lipinski definition) is 6. The minimum absolute atomic E-state index is 0.184. The Bertz CT molecular complexity index is 1160. The van der Waals surface area contributed by atoms with E-state index in [0.29, 0.717) is 40.8 Å². The molecule has 0 N–H and O–H groups in total. The van der Waals surface area contributed by atoms with Crippen LogP contribution in [-0.4, -0.2) is 44.0 Å². The van der Waals surface area contributed by atoms with E-state index in [1.54, 1.807) is 24.5 Å². The van der Waals surface area contributed by atoms with Crippen molar-refractivity contribution in [2.24, 2.45) is 17.8 Å². The Morgan fingerprint density at radius 2 is 1.88 bits per heavy atom. The number of ether oxygens (including phenoxy) is 1. The number of aromatic nitrogens is 5. The van der Waals surface area contributed by atoms with Crippen LogP contribution in [0, 0.1) is 24.7 Å². The quantitative estimate of drug-likeness (QED) is 0.477. The van der Waals surface area contributed by atoms with Gasteiger partial charge in [0.15, 0.2) is 5.82 Å². The zero-order valence-electron chi connectivity index (χ0n) is 18.5. The van der Waals surface area contributed by atoms with Crippen molar-refractivity contribution in [3.05, 3.63) is 53.2 Å². The predicted octanol–water partition coefficient (Wildman–Crippen LogP) is 5.09. The number of alkyl halides is 3. The molecule has 2 unspecified atom stereocenters. The smallest absolute Gasteiger partial charge is 0.408 e. The molecule has 1 aliphatic carbocycles. The van der Waals surface area contributed by atoms with Gasteiger partial charge in [0, 0.05) is 36.3 Å². The summed E-state index contributed by atoms with van der Waals surface area (Å²) < 4.78 is 46.0. The lowest BCUT2D eigenvalue weighted by molar-refractivity contribution is -0.143. The van der Waals surface area contributed by atoms with Gasteiger partial charge in [0.1, 0.15) is 24.4 Å². The van der Waals surface area contributed by atoms with E-state index in [1.807, 2.05) is 13.0 Å². The lowest BCUT2D eigenvalue weighted by Gasteiger charge is -2.38. The van der Waals surface area contributed by atoms with Gasteiger partial charge in [-0.05, 0) is 55.7 Å². The standard InChI is InChI=1S/C23H24ClF3N6O/c1-14-7-21(29-13-28-14)32-10-15-5-6-16(11-32)19(15)9-20-30-22(33(31-20)12-23(25,26)27)34-18-4-2-3-17(24)8-18/h2-4,7-8,13,15-16,19H,5-6,9-12H2,1H3. The van der Waals surface area contributed by atoms with Gasteiger partial charge in [0.05, 0.1) is 0 Å². The van der Waals surface area contributed by atoms with Crippen molar-refractivity contribution in [1.82, 2.24) is 24.7 Å². The average molecular weight is 493 g/mol. The van der Waals surface area contributed by atoms with E-state index in [1.165, 1.54) is 6.07 Å². The predicted molar refractivity (Wildman–Crippen MR) is 120 cm³/mol. The van der Waals surface area contributed by atoms with Gasteiger partial charge in [-0.2, -0.15) is 23.3 Å². The summed E-state index contributed by atoms with van der Waals surface area (Å²) in [5.74, 6) is 2.72. The molecule has 0 amide bonds. The summed E-state index contributed by atoms with van der Waals surface area (Å²) in [6, 6.07) is 8.26. The molecular formula is C23H24ClF3N6O. The highest BCUT2D eigenvalue weighted by Gasteiger charge is 2.43. The summed E-state index contributed by atoms with van der Waals surface area (Å²) in [5, 5.41) is 4.61. The van der Waals surface area contributed by atoms with Crippen molar-refractivity contribution >= 4 is 17.4 Å². The van der Waals surface area contributed by atoms with Gasteiger partial charge < -0.3 is 9.64 Å². The number of anilines is 1. The largest absolute Gasteiger partial charge is 0.424 e. The van der Waals surface area contributed by atoms with Gasteiger partial charge in [-0.3, -0.25) is 0 Å². The van der Waals surface area contributed by atoms with E-state index in [4.69, 9.17) is 16.3 Å². The minimum atomic E-state index is -4.45. The number of hydrogen-bond donors (Lipinski definition) is 0. The molecule has 2 bridgehead atoms. The van der Waals surface area contributed by atoms with Gasteiger partial charge in [-0.25, -0.2) is 14.6 Å².